The van der Waals surface area contributed by atoms with Crippen molar-refractivity contribution in [3.05, 3.63) is 33.6 Å². The topological polar surface area (TPSA) is 52.4 Å². The Kier molecular flexibility index (Phi) is 3.54. The summed E-state index contributed by atoms with van der Waals surface area (Å²) in [7, 11) is 0.995. The largest absolute Gasteiger partial charge is 0.488 e. The molecule has 1 aromatic rings. The highest BCUT2D eigenvalue weighted by atomic mass is 19.4. The fourth-order valence-corrected chi connectivity index (χ4v) is 1.30. The molecule has 0 atom stereocenters. The molecule has 0 saturated heterocycles. The second-order valence-electron chi connectivity index (χ2n) is 3.18. The first-order valence-corrected chi connectivity index (χ1v) is 4.32. The van der Waals surface area contributed by atoms with Crippen molar-refractivity contribution < 1.29 is 27.2 Å². The summed E-state index contributed by atoms with van der Waals surface area (Å²) in [6.45, 7) is 0. The van der Waals surface area contributed by atoms with Crippen LogP contribution in [0.2, 0.25) is 0 Å². The third kappa shape index (κ3) is 3.30. The van der Waals surface area contributed by atoms with E-state index >= 15 is 0 Å². The SMILES string of the molecule is COc1c(F)cc(CC(F)(F)F)cc1[N+](=O)[O-]. The number of benzene rings is 1. The monoisotopic (exact) mass is 253 g/mol. The van der Waals surface area contributed by atoms with Gasteiger partial charge < -0.3 is 4.74 Å². The van der Waals surface area contributed by atoms with E-state index in [4.69, 9.17) is 0 Å². The van der Waals surface area contributed by atoms with Gasteiger partial charge in [-0.2, -0.15) is 13.2 Å². The molecule has 94 valence electrons. The zero-order chi connectivity index (χ0) is 13.2. The number of methoxy groups -OCH3 is 1. The smallest absolute Gasteiger partial charge is 0.393 e. The number of nitrogens with zero attached hydrogens (tertiary/aromatic N) is 1. The van der Waals surface area contributed by atoms with Crippen LogP contribution in [-0.4, -0.2) is 18.2 Å². The molecule has 0 aromatic heterocycles. The molecule has 0 amide bonds. The average Bonchev–Trinajstić information content (AvgIpc) is 2.13. The third-order valence-electron chi connectivity index (χ3n) is 1.89. The number of nitro groups is 1. The van der Waals surface area contributed by atoms with Crippen molar-refractivity contribution in [3.8, 4) is 5.75 Å². The molecule has 1 rings (SSSR count). The molecule has 0 bridgehead atoms. The predicted octanol–water partition coefficient (Wildman–Crippen LogP) is 2.85. The summed E-state index contributed by atoms with van der Waals surface area (Å²) < 4.78 is 53.9. The van der Waals surface area contributed by atoms with Gasteiger partial charge in [-0.15, -0.1) is 0 Å². The number of alkyl halides is 3. The van der Waals surface area contributed by atoms with Crippen LogP contribution < -0.4 is 4.74 Å². The van der Waals surface area contributed by atoms with Crippen LogP contribution in [0.15, 0.2) is 12.1 Å². The highest BCUT2D eigenvalue weighted by Gasteiger charge is 2.30. The second-order valence-corrected chi connectivity index (χ2v) is 3.18. The Morgan fingerprint density at radius 3 is 2.41 bits per heavy atom. The van der Waals surface area contributed by atoms with E-state index in [1.54, 1.807) is 0 Å². The van der Waals surface area contributed by atoms with Gasteiger partial charge in [0.25, 0.3) is 0 Å². The van der Waals surface area contributed by atoms with Crippen molar-refractivity contribution in [3.63, 3.8) is 0 Å². The Morgan fingerprint density at radius 1 is 1.41 bits per heavy atom. The minimum atomic E-state index is -4.56. The molecule has 1 aromatic carbocycles. The lowest BCUT2D eigenvalue weighted by atomic mass is 10.1. The fourth-order valence-electron chi connectivity index (χ4n) is 1.30. The number of nitro benzene ring substituents is 1. The third-order valence-corrected chi connectivity index (χ3v) is 1.89. The number of rotatable bonds is 3. The molecule has 0 radical (unpaired) electrons. The Morgan fingerprint density at radius 2 is 2.00 bits per heavy atom. The molecule has 0 heterocycles. The molecule has 0 N–H and O–H groups in total. The van der Waals surface area contributed by atoms with Gasteiger partial charge in [-0.1, -0.05) is 0 Å². The molecule has 0 fully saturated rings. The number of ether oxygens (including phenoxy) is 1. The van der Waals surface area contributed by atoms with Crippen LogP contribution in [0, 0.1) is 15.9 Å². The molecule has 4 nitrogen and oxygen atoms in total. The van der Waals surface area contributed by atoms with E-state index in [-0.39, 0.29) is 0 Å². The van der Waals surface area contributed by atoms with Crippen molar-refractivity contribution >= 4 is 5.69 Å². The summed E-state index contributed by atoms with van der Waals surface area (Å²) >= 11 is 0. The summed E-state index contributed by atoms with van der Waals surface area (Å²) in [5, 5.41) is 10.5. The van der Waals surface area contributed by atoms with Gasteiger partial charge in [-0.3, -0.25) is 10.1 Å². The van der Waals surface area contributed by atoms with Crippen molar-refractivity contribution in [1.29, 1.82) is 0 Å². The second kappa shape index (κ2) is 4.56. The molecule has 17 heavy (non-hydrogen) atoms. The van der Waals surface area contributed by atoms with Crippen LogP contribution in [0.3, 0.4) is 0 Å². The van der Waals surface area contributed by atoms with Crippen molar-refractivity contribution in [1.82, 2.24) is 0 Å². The normalized spacial score (nSPS) is 11.4. The maximum absolute atomic E-state index is 13.2. The Bertz CT molecular complexity index is 445. The quantitative estimate of drug-likeness (QED) is 0.472. The Hall–Kier alpha value is -1.86. The van der Waals surface area contributed by atoms with E-state index in [1.165, 1.54) is 0 Å². The molecule has 0 aliphatic rings. The van der Waals surface area contributed by atoms with Gasteiger partial charge in [0.2, 0.25) is 5.75 Å². The van der Waals surface area contributed by atoms with Crippen LogP contribution >= 0.6 is 0 Å². The molecule has 8 heteroatoms. The minimum absolute atomic E-state index is 0.525. The van der Waals surface area contributed by atoms with E-state index in [1.807, 2.05) is 0 Å². The van der Waals surface area contributed by atoms with Crippen LogP contribution in [0.5, 0.6) is 5.75 Å². The fraction of sp³-hybridized carbons (Fsp3) is 0.333. The Balaban J connectivity index is 3.25. The van der Waals surface area contributed by atoms with Gasteiger partial charge in [-0.25, -0.2) is 4.39 Å². The number of hydrogen-bond acceptors (Lipinski definition) is 3. The summed E-state index contributed by atoms with van der Waals surface area (Å²) in [5.74, 6) is -1.87. The van der Waals surface area contributed by atoms with Crippen LogP contribution in [0.4, 0.5) is 23.2 Å². The van der Waals surface area contributed by atoms with Crippen LogP contribution in [0.1, 0.15) is 5.56 Å². The first-order chi connectivity index (χ1) is 7.74. The lowest BCUT2D eigenvalue weighted by Crippen LogP contribution is -2.12. The minimum Gasteiger partial charge on any atom is -0.488 e. The maximum Gasteiger partial charge on any atom is 0.393 e. The van der Waals surface area contributed by atoms with Gasteiger partial charge in [0.15, 0.2) is 5.82 Å². The van der Waals surface area contributed by atoms with E-state index in [9.17, 15) is 27.7 Å². The lowest BCUT2D eigenvalue weighted by molar-refractivity contribution is -0.386. The van der Waals surface area contributed by atoms with E-state index < -0.39 is 40.3 Å². The van der Waals surface area contributed by atoms with E-state index in [2.05, 4.69) is 4.74 Å². The first kappa shape index (κ1) is 13.2. The molecular formula is C9H7F4NO3. The van der Waals surface area contributed by atoms with Gasteiger partial charge in [0.05, 0.1) is 18.5 Å². The summed E-state index contributed by atoms with van der Waals surface area (Å²) in [6, 6.07) is 1.22. The summed E-state index contributed by atoms with van der Waals surface area (Å²) in [6.07, 6.45) is -6.00. The molecule has 0 unspecified atom stereocenters. The van der Waals surface area contributed by atoms with Crippen LogP contribution in [0.25, 0.3) is 0 Å². The van der Waals surface area contributed by atoms with Gasteiger partial charge in [-0.05, 0) is 11.6 Å². The van der Waals surface area contributed by atoms with Gasteiger partial charge in [0.1, 0.15) is 0 Å². The molecule has 0 aliphatic carbocycles. The zero-order valence-corrected chi connectivity index (χ0v) is 8.55. The van der Waals surface area contributed by atoms with Crippen molar-refractivity contribution in [2.45, 2.75) is 12.6 Å². The van der Waals surface area contributed by atoms with E-state index in [0.29, 0.717) is 12.1 Å². The standard InChI is InChI=1S/C9H7F4NO3/c1-17-8-6(10)2-5(4-9(11,12)13)3-7(8)14(15)16/h2-3H,4H2,1H3. The molecule has 0 spiro atoms. The molecule has 0 saturated carbocycles. The lowest BCUT2D eigenvalue weighted by Gasteiger charge is -2.08. The highest BCUT2D eigenvalue weighted by Crippen LogP contribution is 2.33. The highest BCUT2D eigenvalue weighted by molar-refractivity contribution is 5.49. The summed E-state index contributed by atoms with van der Waals surface area (Å²) in [5.41, 5.74) is -1.35. The van der Waals surface area contributed by atoms with Crippen LogP contribution in [-0.2, 0) is 6.42 Å². The van der Waals surface area contributed by atoms with Crippen molar-refractivity contribution in [2.24, 2.45) is 0 Å². The Labute approximate surface area is 93.0 Å². The summed E-state index contributed by atoms with van der Waals surface area (Å²) in [4.78, 5) is 9.53. The molecular weight excluding hydrogens is 246 g/mol. The van der Waals surface area contributed by atoms with E-state index in [0.717, 1.165) is 7.11 Å². The average molecular weight is 253 g/mol. The zero-order valence-electron chi connectivity index (χ0n) is 8.55. The van der Waals surface area contributed by atoms with Gasteiger partial charge in [0, 0.05) is 6.07 Å². The first-order valence-electron chi connectivity index (χ1n) is 4.32. The van der Waals surface area contributed by atoms with Crippen molar-refractivity contribution in [2.75, 3.05) is 7.11 Å². The number of hydrogen-bond donors (Lipinski definition) is 0. The van der Waals surface area contributed by atoms with Gasteiger partial charge >= 0.3 is 11.9 Å². The number of halogens is 4. The molecule has 0 aliphatic heterocycles. The maximum atomic E-state index is 13.2. The predicted molar refractivity (Wildman–Crippen MR) is 49.4 cm³/mol.